The molecule has 2 aromatic carbocycles. The fourth-order valence-electron chi connectivity index (χ4n) is 2.02. The highest BCUT2D eigenvalue weighted by Crippen LogP contribution is 2.09. The smallest absolute Gasteiger partial charge is 0.0205 e. The van der Waals surface area contributed by atoms with Crippen LogP contribution in [-0.4, -0.2) is 6.54 Å². The minimum atomic E-state index is 0.937. The molecule has 2 aromatic rings. The summed E-state index contributed by atoms with van der Waals surface area (Å²) in [7, 11) is 0. The second-order valence-corrected chi connectivity index (χ2v) is 4.71. The summed E-state index contributed by atoms with van der Waals surface area (Å²) in [5.74, 6) is 1.47. The van der Waals surface area contributed by atoms with Gasteiger partial charge in [-0.15, -0.1) is 0 Å². The monoisotopic (exact) mass is 238 g/mol. The van der Waals surface area contributed by atoms with Crippen molar-refractivity contribution in [3.63, 3.8) is 0 Å². The number of hydrogen-bond donors (Lipinski definition) is 1. The molecule has 1 radical (unpaired) electrons. The van der Waals surface area contributed by atoms with Gasteiger partial charge in [0.15, 0.2) is 0 Å². The van der Waals surface area contributed by atoms with Gasteiger partial charge in [0.2, 0.25) is 0 Å². The van der Waals surface area contributed by atoms with Gasteiger partial charge >= 0.3 is 0 Å². The Labute approximate surface area is 110 Å². The van der Waals surface area contributed by atoms with Crippen LogP contribution in [0, 0.1) is 5.92 Å². The molecular formula is C17H20N. The van der Waals surface area contributed by atoms with Gasteiger partial charge in [0.1, 0.15) is 0 Å². The topological polar surface area (TPSA) is 12.0 Å². The lowest BCUT2D eigenvalue weighted by Crippen LogP contribution is -2.20. The zero-order valence-electron chi connectivity index (χ0n) is 10.9. The molecule has 93 valence electrons. The average Bonchev–Trinajstić information content (AvgIpc) is 2.41. The number of rotatable bonds is 6. The molecule has 0 amide bonds. The van der Waals surface area contributed by atoms with Crippen LogP contribution in [0.3, 0.4) is 0 Å². The van der Waals surface area contributed by atoms with Crippen molar-refractivity contribution in [2.45, 2.75) is 19.9 Å². The van der Waals surface area contributed by atoms with Crippen LogP contribution in [-0.2, 0) is 13.0 Å². The van der Waals surface area contributed by atoms with Gasteiger partial charge in [-0.1, -0.05) is 67.6 Å². The average molecular weight is 238 g/mol. The van der Waals surface area contributed by atoms with Gasteiger partial charge in [-0.3, -0.25) is 0 Å². The van der Waals surface area contributed by atoms with E-state index in [0.29, 0.717) is 0 Å². The van der Waals surface area contributed by atoms with E-state index in [0.717, 1.165) is 19.5 Å². The second kappa shape index (κ2) is 6.97. The number of nitrogens with one attached hydrogen (secondary N) is 1. The van der Waals surface area contributed by atoms with E-state index in [2.05, 4.69) is 72.9 Å². The van der Waals surface area contributed by atoms with Crippen LogP contribution < -0.4 is 5.32 Å². The van der Waals surface area contributed by atoms with Crippen molar-refractivity contribution in [1.29, 1.82) is 0 Å². The Morgan fingerprint density at radius 2 is 1.39 bits per heavy atom. The molecule has 0 aliphatic carbocycles. The normalized spacial score (nSPS) is 10.8. The summed E-state index contributed by atoms with van der Waals surface area (Å²) in [6.07, 6.45) is 1.06. The van der Waals surface area contributed by atoms with E-state index in [1.165, 1.54) is 17.0 Å². The van der Waals surface area contributed by atoms with Gasteiger partial charge in [0, 0.05) is 13.1 Å². The first-order chi connectivity index (χ1) is 8.84. The van der Waals surface area contributed by atoms with E-state index in [-0.39, 0.29) is 0 Å². The van der Waals surface area contributed by atoms with Crippen LogP contribution in [0.1, 0.15) is 18.1 Å². The fourth-order valence-corrected chi connectivity index (χ4v) is 2.02. The Balaban J connectivity index is 1.71. The molecule has 0 aliphatic heterocycles. The van der Waals surface area contributed by atoms with Crippen LogP contribution in [0.2, 0.25) is 0 Å². The molecule has 0 atom stereocenters. The zero-order valence-corrected chi connectivity index (χ0v) is 10.9. The molecule has 0 saturated carbocycles. The zero-order chi connectivity index (χ0) is 12.6. The predicted octanol–water partition coefficient (Wildman–Crippen LogP) is 3.61. The molecule has 0 unspecified atom stereocenters. The number of benzene rings is 2. The molecule has 1 heteroatoms. The van der Waals surface area contributed by atoms with E-state index in [1.54, 1.807) is 0 Å². The van der Waals surface area contributed by atoms with Crippen LogP contribution >= 0.6 is 0 Å². The Kier molecular flexibility index (Phi) is 4.98. The highest BCUT2D eigenvalue weighted by atomic mass is 14.9. The van der Waals surface area contributed by atoms with Crippen molar-refractivity contribution in [2.24, 2.45) is 0 Å². The predicted molar refractivity (Wildman–Crippen MR) is 77.2 cm³/mol. The Bertz CT molecular complexity index is 436. The lowest BCUT2D eigenvalue weighted by atomic mass is 10.0. The minimum absolute atomic E-state index is 0.937. The van der Waals surface area contributed by atoms with Crippen LogP contribution in [0.5, 0.6) is 0 Å². The molecule has 0 saturated heterocycles. The van der Waals surface area contributed by atoms with Crippen molar-refractivity contribution in [3.8, 4) is 0 Å². The Hall–Kier alpha value is -1.60. The molecule has 0 bridgehead atoms. The maximum absolute atomic E-state index is 3.48. The van der Waals surface area contributed by atoms with Gasteiger partial charge in [0.25, 0.3) is 0 Å². The van der Waals surface area contributed by atoms with Crippen molar-refractivity contribution in [3.05, 3.63) is 77.7 Å². The summed E-state index contributed by atoms with van der Waals surface area (Å²) in [6.45, 7) is 4.13. The van der Waals surface area contributed by atoms with Gasteiger partial charge in [0.05, 0.1) is 0 Å². The number of hydrogen-bond acceptors (Lipinski definition) is 1. The largest absolute Gasteiger partial charge is 0.312 e. The molecule has 2 rings (SSSR count). The Morgan fingerprint density at radius 1 is 0.833 bits per heavy atom. The lowest BCUT2D eigenvalue weighted by molar-refractivity contribution is 0.677. The van der Waals surface area contributed by atoms with Crippen LogP contribution in [0.4, 0.5) is 0 Å². The molecule has 0 aliphatic rings. The maximum Gasteiger partial charge on any atom is 0.0205 e. The summed E-state index contributed by atoms with van der Waals surface area (Å²) < 4.78 is 0. The minimum Gasteiger partial charge on any atom is -0.312 e. The maximum atomic E-state index is 3.48. The molecule has 0 aromatic heterocycles. The quantitative estimate of drug-likeness (QED) is 0.810. The molecule has 18 heavy (non-hydrogen) atoms. The van der Waals surface area contributed by atoms with E-state index in [4.69, 9.17) is 0 Å². The third-order valence-electron chi connectivity index (χ3n) is 2.95. The van der Waals surface area contributed by atoms with Crippen LogP contribution in [0.25, 0.3) is 0 Å². The highest BCUT2D eigenvalue weighted by molar-refractivity contribution is 5.19. The van der Waals surface area contributed by atoms with Crippen molar-refractivity contribution in [1.82, 2.24) is 5.32 Å². The molecule has 1 N–H and O–H groups in total. The van der Waals surface area contributed by atoms with Gasteiger partial charge in [-0.2, -0.15) is 0 Å². The molecule has 0 heterocycles. The first kappa shape index (κ1) is 12.8. The lowest BCUT2D eigenvalue weighted by Gasteiger charge is -2.12. The summed E-state index contributed by atoms with van der Waals surface area (Å²) in [4.78, 5) is 0. The Morgan fingerprint density at radius 3 is 2.00 bits per heavy atom. The van der Waals surface area contributed by atoms with E-state index in [9.17, 15) is 0 Å². The summed E-state index contributed by atoms with van der Waals surface area (Å²) in [6, 6.07) is 21.1. The first-order valence-electron chi connectivity index (χ1n) is 6.44. The van der Waals surface area contributed by atoms with E-state index < -0.39 is 0 Å². The third kappa shape index (κ3) is 4.34. The van der Waals surface area contributed by atoms with E-state index in [1.807, 2.05) is 0 Å². The highest BCUT2D eigenvalue weighted by Gasteiger charge is 2.03. The third-order valence-corrected chi connectivity index (χ3v) is 2.95. The second-order valence-electron chi connectivity index (χ2n) is 4.71. The molecule has 0 fully saturated rings. The molecule has 1 nitrogen and oxygen atoms in total. The van der Waals surface area contributed by atoms with Gasteiger partial charge in [-0.25, -0.2) is 0 Å². The van der Waals surface area contributed by atoms with Crippen molar-refractivity contribution < 1.29 is 0 Å². The van der Waals surface area contributed by atoms with Gasteiger partial charge in [-0.05, 0) is 23.5 Å². The van der Waals surface area contributed by atoms with Crippen molar-refractivity contribution in [2.75, 3.05) is 6.54 Å². The van der Waals surface area contributed by atoms with Crippen LogP contribution in [0.15, 0.2) is 60.7 Å². The fraction of sp³-hybridized carbons (Fsp3) is 0.235. The van der Waals surface area contributed by atoms with E-state index >= 15 is 0 Å². The van der Waals surface area contributed by atoms with Crippen molar-refractivity contribution >= 4 is 0 Å². The molecule has 0 spiro atoms. The summed E-state index contributed by atoms with van der Waals surface area (Å²) >= 11 is 0. The first-order valence-corrected chi connectivity index (χ1v) is 6.44. The summed E-state index contributed by atoms with van der Waals surface area (Å²) in [5.41, 5.74) is 2.72. The SMILES string of the molecule is C[C](CNCc1ccccc1)Cc1ccccc1. The molecular weight excluding hydrogens is 218 g/mol. The standard InChI is InChI=1S/C17H20N/c1-15(12-16-8-4-2-5-9-16)13-18-14-17-10-6-3-7-11-17/h2-11,18H,12-14H2,1H3. The van der Waals surface area contributed by atoms with Gasteiger partial charge < -0.3 is 5.32 Å². The summed E-state index contributed by atoms with van der Waals surface area (Å²) in [5, 5.41) is 3.48.